The van der Waals surface area contributed by atoms with Crippen molar-refractivity contribution in [3.05, 3.63) is 47.1 Å². The minimum Gasteiger partial charge on any atom is -0.389 e. The molecule has 0 atom stereocenters. The van der Waals surface area contributed by atoms with Crippen LogP contribution in [0.1, 0.15) is 12.5 Å². The van der Waals surface area contributed by atoms with Crippen LogP contribution in [-0.2, 0) is 6.42 Å². The van der Waals surface area contributed by atoms with E-state index in [4.69, 9.17) is 11.6 Å². The summed E-state index contributed by atoms with van der Waals surface area (Å²) in [5.74, 6) is 0. The number of benzene rings is 1. The molecule has 0 heterocycles. The number of hydrogen-bond acceptors (Lipinski definition) is 1. The average molecular weight is 196 g/mol. The van der Waals surface area contributed by atoms with Crippen molar-refractivity contribution >= 4 is 11.6 Å². The van der Waals surface area contributed by atoms with E-state index in [-0.39, 0.29) is 0 Å². The molecular formula is C11H14ClN. The fraction of sp³-hybridized carbons (Fsp3) is 0.273. The van der Waals surface area contributed by atoms with Crippen molar-refractivity contribution < 1.29 is 0 Å². The van der Waals surface area contributed by atoms with E-state index in [0.717, 1.165) is 23.7 Å². The smallest absolute Gasteiger partial charge is 0.0406 e. The van der Waals surface area contributed by atoms with E-state index in [0.29, 0.717) is 0 Å². The van der Waals surface area contributed by atoms with Crippen LogP contribution >= 0.6 is 11.6 Å². The highest BCUT2D eigenvalue weighted by molar-refractivity contribution is 6.30. The molecule has 0 aliphatic carbocycles. The summed E-state index contributed by atoms with van der Waals surface area (Å²) in [5.41, 5.74) is 2.30. The number of rotatable bonds is 4. The first kappa shape index (κ1) is 10.1. The first-order valence-electron chi connectivity index (χ1n) is 4.32. The van der Waals surface area contributed by atoms with Gasteiger partial charge in [-0.3, -0.25) is 0 Å². The maximum Gasteiger partial charge on any atom is 0.0406 e. The molecule has 13 heavy (non-hydrogen) atoms. The van der Waals surface area contributed by atoms with Crippen LogP contribution in [-0.4, -0.2) is 6.54 Å². The Morgan fingerprint density at radius 3 is 2.54 bits per heavy atom. The molecular weight excluding hydrogens is 182 g/mol. The second-order valence-electron chi connectivity index (χ2n) is 3.08. The summed E-state index contributed by atoms with van der Waals surface area (Å²) in [7, 11) is 0. The third-order valence-corrected chi connectivity index (χ3v) is 2.01. The zero-order valence-corrected chi connectivity index (χ0v) is 8.56. The molecule has 0 spiro atoms. The summed E-state index contributed by atoms with van der Waals surface area (Å²) in [6.45, 7) is 6.66. The molecule has 0 bridgehead atoms. The molecule has 0 radical (unpaired) electrons. The Hall–Kier alpha value is -0.950. The maximum atomic E-state index is 5.77. The molecule has 1 N–H and O–H groups in total. The molecule has 0 amide bonds. The van der Waals surface area contributed by atoms with Gasteiger partial charge in [-0.15, -0.1) is 0 Å². The van der Waals surface area contributed by atoms with Crippen LogP contribution in [0.3, 0.4) is 0 Å². The second kappa shape index (κ2) is 4.93. The summed E-state index contributed by atoms with van der Waals surface area (Å²) in [6, 6.07) is 7.92. The zero-order valence-electron chi connectivity index (χ0n) is 7.81. The molecule has 0 aliphatic rings. The van der Waals surface area contributed by atoms with Crippen LogP contribution < -0.4 is 5.32 Å². The highest BCUT2D eigenvalue weighted by Gasteiger charge is 1.92. The molecule has 1 aromatic rings. The van der Waals surface area contributed by atoms with E-state index in [9.17, 15) is 0 Å². The van der Waals surface area contributed by atoms with Crippen molar-refractivity contribution in [3.8, 4) is 0 Å². The largest absolute Gasteiger partial charge is 0.389 e. The van der Waals surface area contributed by atoms with Gasteiger partial charge in [-0.1, -0.05) is 30.3 Å². The normalized spacial score (nSPS) is 9.69. The summed E-state index contributed by atoms with van der Waals surface area (Å²) < 4.78 is 0. The SMILES string of the molecule is C=C(C)NCCc1ccc(Cl)cc1. The van der Waals surface area contributed by atoms with Crippen molar-refractivity contribution in [2.75, 3.05) is 6.54 Å². The molecule has 1 aromatic carbocycles. The van der Waals surface area contributed by atoms with Crippen molar-refractivity contribution in [1.29, 1.82) is 0 Å². The summed E-state index contributed by atoms with van der Waals surface area (Å²) in [4.78, 5) is 0. The predicted octanol–water partition coefficient (Wildman–Crippen LogP) is 3.01. The fourth-order valence-corrected chi connectivity index (χ4v) is 1.20. The average Bonchev–Trinajstić information content (AvgIpc) is 2.08. The number of hydrogen-bond donors (Lipinski definition) is 1. The highest BCUT2D eigenvalue weighted by atomic mass is 35.5. The predicted molar refractivity (Wildman–Crippen MR) is 58.0 cm³/mol. The van der Waals surface area contributed by atoms with Gasteiger partial charge in [0, 0.05) is 17.3 Å². The van der Waals surface area contributed by atoms with Crippen molar-refractivity contribution in [1.82, 2.24) is 5.32 Å². The lowest BCUT2D eigenvalue weighted by Gasteiger charge is -2.04. The summed E-state index contributed by atoms with van der Waals surface area (Å²) in [5, 5.41) is 3.97. The van der Waals surface area contributed by atoms with Crippen LogP contribution in [0.5, 0.6) is 0 Å². The third kappa shape index (κ3) is 4.00. The zero-order chi connectivity index (χ0) is 9.68. The molecule has 70 valence electrons. The Labute approximate surface area is 84.4 Å². The Balaban J connectivity index is 2.37. The molecule has 1 rings (SSSR count). The Morgan fingerprint density at radius 2 is 2.00 bits per heavy atom. The Bertz CT molecular complexity index is 277. The van der Waals surface area contributed by atoms with Crippen molar-refractivity contribution in [2.45, 2.75) is 13.3 Å². The summed E-state index contributed by atoms with van der Waals surface area (Å²) >= 11 is 5.77. The lowest BCUT2D eigenvalue weighted by atomic mass is 10.1. The minimum atomic E-state index is 0.789. The molecule has 0 aromatic heterocycles. The van der Waals surface area contributed by atoms with Gasteiger partial charge >= 0.3 is 0 Å². The number of halogens is 1. The van der Waals surface area contributed by atoms with Gasteiger partial charge in [0.05, 0.1) is 0 Å². The first-order chi connectivity index (χ1) is 6.18. The fourth-order valence-electron chi connectivity index (χ4n) is 1.07. The van der Waals surface area contributed by atoms with Crippen LogP contribution in [0.15, 0.2) is 36.5 Å². The van der Waals surface area contributed by atoms with Gasteiger partial charge in [0.1, 0.15) is 0 Å². The monoisotopic (exact) mass is 195 g/mol. The first-order valence-corrected chi connectivity index (χ1v) is 4.70. The molecule has 0 saturated carbocycles. The Morgan fingerprint density at radius 1 is 1.38 bits per heavy atom. The number of nitrogens with one attached hydrogen (secondary N) is 1. The molecule has 2 heteroatoms. The third-order valence-electron chi connectivity index (χ3n) is 1.75. The van der Waals surface area contributed by atoms with E-state index in [2.05, 4.69) is 11.9 Å². The topological polar surface area (TPSA) is 12.0 Å². The molecule has 0 fully saturated rings. The lowest BCUT2D eigenvalue weighted by molar-refractivity contribution is 0.791. The van der Waals surface area contributed by atoms with E-state index in [1.165, 1.54) is 5.56 Å². The van der Waals surface area contributed by atoms with E-state index < -0.39 is 0 Å². The van der Waals surface area contributed by atoms with Crippen LogP contribution in [0.2, 0.25) is 5.02 Å². The van der Waals surface area contributed by atoms with Gasteiger partial charge in [0.25, 0.3) is 0 Å². The second-order valence-corrected chi connectivity index (χ2v) is 3.52. The summed E-state index contributed by atoms with van der Waals surface area (Å²) in [6.07, 6.45) is 1.00. The van der Waals surface area contributed by atoms with Crippen molar-refractivity contribution in [3.63, 3.8) is 0 Å². The van der Waals surface area contributed by atoms with Gasteiger partial charge in [-0.25, -0.2) is 0 Å². The Kier molecular flexibility index (Phi) is 3.84. The minimum absolute atomic E-state index is 0.789. The van der Waals surface area contributed by atoms with Crippen LogP contribution in [0.25, 0.3) is 0 Å². The van der Waals surface area contributed by atoms with Gasteiger partial charge in [0.15, 0.2) is 0 Å². The quantitative estimate of drug-likeness (QED) is 0.779. The molecule has 0 aliphatic heterocycles. The van der Waals surface area contributed by atoms with E-state index in [1.54, 1.807) is 0 Å². The number of allylic oxidation sites excluding steroid dienone is 1. The highest BCUT2D eigenvalue weighted by Crippen LogP contribution is 2.09. The van der Waals surface area contributed by atoms with Crippen LogP contribution in [0, 0.1) is 0 Å². The van der Waals surface area contributed by atoms with E-state index >= 15 is 0 Å². The van der Waals surface area contributed by atoms with E-state index in [1.807, 2.05) is 31.2 Å². The molecule has 0 saturated heterocycles. The molecule has 1 nitrogen and oxygen atoms in total. The van der Waals surface area contributed by atoms with Gasteiger partial charge in [-0.05, 0) is 31.0 Å². The van der Waals surface area contributed by atoms with Gasteiger partial charge < -0.3 is 5.32 Å². The standard InChI is InChI=1S/C11H14ClN/c1-9(2)13-8-7-10-3-5-11(12)6-4-10/h3-6,13H,1,7-8H2,2H3. The maximum absolute atomic E-state index is 5.77. The lowest BCUT2D eigenvalue weighted by Crippen LogP contribution is -2.13. The molecule has 0 unspecified atom stereocenters. The van der Waals surface area contributed by atoms with Crippen molar-refractivity contribution in [2.24, 2.45) is 0 Å². The van der Waals surface area contributed by atoms with Crippen LogP contribution in [0.4, 0.5) is 0 Å². The van der Waals surface area contributed by atoms with Gasteiger partial charge in [0.2, 0.25) is 0 Å². The van der Waals surface area contributed by atoms with Gasteiger partial charge in [-0.2, -0.15) is 0 Å².